The van der Waals surface area contributed by atoms with Gasteiger partial charge in [0, 0.05) is 30.4 Å². The molecule has 2 aliphatic rings. The molecule has 1 fully saturated rings. The van der Waals surface area contributed by atoms with Crippen LogP contribution in [0, 0.1) is 0 Å². The zero-order valence-electron chi connectivity index (χ0n) is 20.9. The number of nitrogens with zero attached hydrogens (tertiary/aromatic N) is 3. The molecule has 5 rings (SSSR count). The van der Waals surface area contributed by atoms with Crippen LogP contribution in [0.5, 0.6) is 0 Å². The molecule has 3 aromatic rings. The minimum absolute atomic E-state index is 0.109. The number of nitrogens with two attached hydrogens (primary N) is 2. The number of benzene rings is 2. The molecule has 1 aromatic heterocycles. The molecule has 0 spiro atoms. The molecular weight excluding hydrogens is 510 g/mol. The van der Waals surface area contributed by atoms with Crippen molar-refractivity contribution in [1.82, 2.24) is 9.97 Å². The van der Waals surface area contributed by atoms with Crippen LogP contribution in [0.25, 0.3) is 11.3 Å². The Morgan fingerprint density at radius 2 is 1.69 bits per heavy atom. The zero-order chi connectivity index (χ0) is 27.6. The van der Waals surface area contributed by atoms with Crippen LogP contribution in [0.1, 0.15) is 12.2 Å². The van der Waals surface area contributed by atoms with E-state index >= 15 is 0 Å². The van der Waals surface area contributed by atoms with Crippen LogP contribution in [0.15, 0.2) is 54.6 Å². The van der Waals surface area contributed by atoms with Gasteiger partial charge in [0.1, 0.15) is 5.82 Å². The van der Waals surface area contributed by atoms with E-state index in [-0.39, 0.29) is 12.2 Å². The van der Waals surface area contributed by atoms with Gasteiger partial charge in [0.05, 0.1) is 42.7 Å². The highest BCUT2D eigenvalue weighted by Crippen LogP contribution is 2.42. The van der Waals surface area contributed by atoms with E-state index < -0.39 is 29.9 Å². The number of morpholine rings is 1. The Morgan fingerprint density at radius 3 is 2.28 bits per heavy atom. The number of primary amides is 1. The van der Waals surface area contributed by atoms with E-state index in [1.807, 2.05) is 4.90 Å². The molecule has 2 aromatic carbocycles. The first-order valence-corrected chi connectivity index (χ1v) is 12.4. The van der Waals surface area contributed by atoms with Crippen LogP contribution in [0.4, 0.5) is 31.7 Å². The largest absolute Gasteiger partial charge is 0.378 e. The first-order valence-electron chi connectivity index (χ1n) is 12.4. The van der Waals surface area contributed by atoms with Gasteiger partial charge in [-0.05, 0) is 24.3 Å². The van der Waals surface area contributed by atoms with E-state index in [0.717, 1.165) is 0 Å². The number of alkyl halides is 2. The number of halogens is 2. The predicted molar refractivity (Wildman–Crippen MR) is 142 cm³/mol. The Labute approximate surface area is 222 Å². The molecule has 0 aliphatic carbocycles. The van der Waals surface area contributed by atoms with E-state index in [0.29, 0.717) is 60.4 Å². The van der Waals surface area contributed by atoms with Crippen LogP contribution < -0.4 is 32.3 Å². The number of amides is 2. The predicted octanol–water partition coefficient (Wildman–Crippen LogP) is 2.08. The van der Waals surface area contributed by atoms with Crippen molar-refractivity contribution in [3.63, 3.8) is 0 Å². The summed E-state index contributed by atoms with van der Waals surface area (Å²) in [7, 11) is 0. The molecule has 1 saturated heterocycles. The summed E-state index contributed by atoms with van der Waals surface area (Å²) < 4.78 is 35.0. The second kappa shape index (κ2) is 10.8. The van der Waals surface area contributed by atoms with E-state index in [1.165, 1.54) is 0 Å². The molecule has 0 saturated carbocycles. The van der Waals surface area contributed by atoms with Crippen LogP contribution in [0.3, 0.4) is 0 Å². The average Bonchev–Trinajstić information content (AvgIpc) is 3.35. The Bertz CT molecular complexity index is 1340. The number of carbonyl (C=O) groups is 2. The number of rotatable bonds is 8. The van der Waals surface area contributed by atoms with E-state index in [4.69, 9.17) is 16.2 Å². The minimum Gasteiger partial charge on any atom is -0.378 e. The maximum absolute atomic E-state index is 14.8. The molecule has 7 N–H and O–H groups in total. The van der Waals surface area contributed by atoms with Crippen molar-refractivity contribution < 1.29 is 23.1 Å². The summed E-state index contributed by atoms with van der Waals surface area (Å²) in [4.78, 5) is 34.4. The lowest BCUT2D eigenvalue weighted by molar-refractivity contribution is -0.123. The van der Waals surface area contributed by atoms with Crippen LogP contribution in [-0.2, 0) is 20.0 Å². The summed E-state index contributed by atoms with van der Waals surface area (Å²) in [5.74, 6) is -0.855. The van der Waals surface area contributed by atoms with Gasteiger partial charge in [-0.25, -0.2) is 18.7 Å². The normalized spacial score (nSPS) is 16.7. The Morgan fingerprint density at radius 1 is 1.05 bits per heavy atom. The van der Waals surface area contributed by atoms with Crippen molar-refractivity contribution in [2.24, 2.45) is 11.5 Å². The van der Waals surface area contributed by atoms with E-state index in [2.05, 4.69) is 25.9 Å². The smallest absolute Gasteiger partial charge is 0.286 e. The molecule has 0 radical (unpaired) electrons. The third kappa shape index (κ3) is 5.45. The number of hydrogen-bond acceptors (Lipinski definition) is 9. The first-order chi connectivity index (χ1) is 18.7. The van der Waals surface area contributed by atoms with Gasteiger partial charge < -0.3 is 37.1 Å². The Kier molecular flexibility index (Phi) is 7.26. The maximum atomic E-state index is 14.8. The summed E-state index contributed by atoms with van der Waals surface area (Å²) in [5, 5.41) is 8.44. The van der Waals surface area contributed by atoms with Crippen molar-refractivity contribution in [3.8, 4) is 11.3 Å². The number of aromatic nitrogens is 2. The number of fused-ring (bicyclic) bond motifs is 1. The summed E-state index contributed by atoms with van der Waals surface area (Å²) in [6.45, 7) is 2.08. The molecular formula is C26H28F2N8O3. The number of anilines is 4. The van der Waals surface area contributed by atoms with Crippen molar-refractivity contribution in [2.45, 2.75) is 24.6 Å². The average molecular weight is 539 g/mol. The molecule has 204 valence electrons. The van der Waals surface area contributed by atoms with Crippen molar-refractivity contribution in [1.29, 1.82) is 0 Å². The molecule has 1 atom stereocenters. The monoisotopic (exact) mass is 538 g/mol. The van der Waals surface area contributed by atoms with Crippen LogP contribution in [0.2, 0.25) is 0 Å². The fourth-order valence-electron chi connectivity index (χ4n) is 4.46. The lowest BCUT2D eigenvalue weighted by Gasteiger charge is -2.32. The van der Waals surface area contributed by atoms with Gasteiger partial charge in [0.25, 0.3) is 6.43 Å². The third-order valence-electron chi connectivity index (χ3n) is 6.52. The fourth-order valence-corrected chi connectivity index (χ4v) is 4.46. The van der Waals surface area contributed by atoms with Gasteiger partial charge in [-0.1, -0.05) is 24.3 Å². The van der Waals surface area contributed by atoms with Gasteiger partial charge in [-0.3, -0.25) is 9.59 Å². The van der Waals surface area contributed by atoms with Crippen LogP contribution in [-0.4, -0.2) is 60.6 Å². The highest BCUT2D eigenvalue weighted by molar-refractivity contribution is 5.97. The summed E-state index contributed by atoms with van der Waals surface area (Å²) in [6.07, 6.45) is -3.17. The van der Waals surface area contributed by atoms with Gasteiger partial charge in [-0.15, -0.1) is 0 Å². The van der Waals surface area contributed by atoms with Crippen molar-refractivity contribution >= 4 is 34.7 Å². The Balaban J connectivity index is 1.49. The number of ether oxygens (including phenoxy) is 1. The van der Waals surface area contributed by atoms with Gasteiger partial charge >= 0.3 is 0 Å². The highest BCUT2D eigenvalue weighted by Gasteiger charge is 2.49. The third-order valence-corrected chi connectivity index (χ3v) is 6.52. The number of hydrogen-bond donors (Lipinski definition) is 5. The van der Waals surface area contributed by atoms with Crippen LogP contribution >= 0.6 is 0 Å². The highest BCUT2D eigenvalue weighted by atomic mass is 19.3. The van der Waals surface area contributed by atoms with Gasteiger partial charge in [-0.2, -0.15) is 0 Å². The summed E-state index contributed by atoms with van der Waals surface area (Å²) in [5.41, 5.74) is 11.3. The second-order valence-electron chi connectivity index (χ2n) is 9.28. The first kappa shape index (κ1) is 26.3. The lowest BCUT2D eigenvalue weighted by Crippen LogP contribution is -2.48. The fraction of sp³-hybridized carbons (Fsp3) is 0.308. The van der Waals surface area contributed by atoms with Crippen molar-refractivity contribution in [3.05, 3.63) is 60.4 Å². The lowest BCUT2D eigenvalue weighted by atomic mass is 10.1. The molecule has 3 heterocycles. The molecule has 39 heavy (non-hydrogen) atoms. The maximum Gasteiger partial charge on any atom is 0.286 e. The molecule has 0 bridgehead atoms. The van der Waals surface area contributed by atoms with Crippen molar-refractivity contribution in [2.75, 3.05) is 47.2 Å². The molecule has 13 heteroatoms. The molecule has 2 aliphatic heterocycles. The topological polar surface area (TPSA) is 161 Å². The van der Waals surface area contributed by atoms with Gasteiger partial charge in [0.2, 0.25) is 17.5 Å². The van der Waals surface area contributed by atoms with E-state index in [9.17, 15) is 18.4 Å². The molecule has 11 nitrogen and oxygen atoms in total. The zero-order valence-corrected chi connectivity index (χ0v) is 20.9. The number of para-hydroxylation sites is 2. The summed E-state index contributed by atoms with van der Waals surface area (Å²) >= 11 is 0. The minimum atomic E-state index is -2.89. The molecule has 0 unspecified atom stereocenters. The number of carbonyl (C=O) groups excluding carboxylic acids is 2. The summed E-state index contributed by atoms with van der Waals surface area (Å²) in [6, 6.07) is 14.3. The SMILES string of the molecule is NC(=O)C[C@H](N)C(=O)Nc1ccc(-c2cc(N3CCOCC3)nc(C3(C(F)F)Nc4ccccc4N3)n2)cc1. The second-order valence-corrected chi connectivity index (χ2v) is 9.28. The number of nitrogens with one attached hydrogen (secondary N) is 3. The van der Waals surface area contributed by atoms with Gasteiger partial charge in [0.15, 0.2) is 5.82 Å². The van der Waals surface area contributed by atoms with E-state index in [1.54, 1.807) is 54.6 Å². The standard InChI is InChI=1S/C26H28F2N8O3/c27-24(28)26(34-18-3-1-2-4-19(18)35-26)25-32-20(14-22(33-25)36-9-11-39-12-10-36)15-5-7-16(8-6-15)31-23(38)17(29)13-21(30)37/h1-8,14,17,24,34-35H,9-13,29H2,(H2,30,37)(H,31,38)/t17-/m0/s1. The quantitative estimate of drug-likeness (QED) is 0.289. The Hall–Kier alpha value is -4.36. The molecule has 2 amide bonds.